The van der Waals surface area contributed by atoms with E-state index in [-0.39, 0.29) is 5.91 Å². The van der Waals surface area contributed by atoms with Gasteiger partial charge in [-0.2, -0.15) is 0 Å². The Morgan fingerprint density at radius 3 is 3.22 bits per heavy atom. The van der Waals surface area contributed by atoms with Gasteiger partial charge < -0.3 is 15.5 Å². The highest BCUT2D eigenvalue weighted by molar-refractivity contribution is 5.81. The maximum Gasteiger partial charge on any atom is 0.239 e. The van der Waals surface area contributed by atoms with Crippen molar-refractivity contribution in [1.82, 2.24) is 10.3 Å². The normalized spacial score (nSPS) is 16.1. The Hall–Kier alpha value is -1.78. The third kappa shape index (κ3) is 3.35. The van der Waals surface area contributed by atoms with Gasteiger partial charge in [0.1, 0.15) is 11.6 Å². The van der Waals surface area contributed by atoms with E-state index >= 15 is 0 Å². The van der Waals surface area contributed by atoms with Crippen LogP contribution in [0.25, 0.3) is 0 Å². The van der Waals surface area contributed by atoms with E-state index in [9.17, 15) is 4.79 Å². The summed E-state index contributed by atoms with van der Waals surface area (Å²) in [5, 5.41) is 6.13. The molecule has 1 aromatic rings. The maximum atomic E-state index is 11.5. The quantitative estimate of drug-likeness (QED) is 0.841. The molecule has 0 unspecified atom stereocenters. The van der Waals surface area contributed by atoms with Crippen molar-refractivity contribution in [3.05, 3.63) is 18.2 Å². The average Bonchev–Trinajstić information content (AvgIpc) is 2.61. The largest absolute Gasteiger partial charge is 0.370 e. The number of rotatable bonds is 4. The number of pyridine rings is 1. The lowest BCUT2D eigenvalue weighted by Gasteiger charge is -2.20. The summed E-state index contributed by atoms with van der Waals surface area (Å²) in [5.74, 6) is 1.81. The molecule has 5 nitrogen and oxygen atoms in total. The van der Waals surface area contributed by atoms with Gasteiger partial charge >= 0.3 is 0 Å². The van der Waals surface area contributed by atoms with E-state index in [1.807, 2.05) is 23.1 Å². The van der Waals surface area contributed by atoms with Crippen LogP contribution in [0.1, 0.15) is 19.8 Å². The molecule has 0 aromatic carbocycles. The van der Waals surface area contributed by atoms with Gasteiger partial charge in [0.25, 0.3) is 0 Å². The highest BCUT2D eigenvalue weighted by Gasteiger charge is 2.15. The van der Waals surface area contributed by atoms with E-state index in [1.54, 1.807) is 0 Å². The first-order valence-electron chi connectivity index (χ1n) is 6.52. The SMILES string of the molecule is CCCNc1cccc(N2CCCNC(=O)C2)n1. The highest BCUT2D eigenvalue weighted by atomic mass is 16.2. The van der Waals surface area contributed by atoms with E-state index in [4.69, 9.17) is 0 Å². The predicted octanol–water partition coefficient (Wildman–Crippen LogP) is 1.23. The van der Waals surface area contributed by atoms with Crippen molar-refractivity contribution in [2.24, 2.45) is 0 Å². The van der Waals surface area contributed by atoms with E-state index in [0.29, 0.717) is 6.54 Å². The van der Waals surface area contributed by atoms with Crippen LogP contribution in [0.2, 0.25) is 0 Å². The standard InChI is InChI=1S/C13H20N4O/c1-2-7-14-11-5-3-6-12(16-11)17-9-4-8-15-13(18)10-17/h3,5-6H,2,4,7-10H2,1H3,(H,14,16)(H,15,18). The number of amides is 1. The Kier molecular flexibility index (Phi) is 4.39. The zero-order valence-corrected chi connectivity index (χ0v) is 10.8. The molecule has 5 heteroatoms. The van der Waals surface area contributed by atoms with Crippen molar-refractivity contribution in [3.8, 4) is 0 Å². The summed E-state index contributed by atoms with van der Waals surface area (Å²) in [7, 11) is 0. The van der Waals surface area contributed by atoms with Crippen LogP contribution in [0.4, 0.5) is 11.6 Å². The minimum Gasteiger partial charge on any atom is -0.370 e. The van der Waals surface area contributed by atoms with E-state index < -0.39 is 0 Å². The fourth-order valence-corrected chi connectivity index (χ4v) is 1.95. The predicted molar refractivity (Wildman–Crippen MR) is 72.9 cm³/mol. The molecule has 2 N–H and O–H groups in total. The fraction of sp³-hybridized carbons (Fsp3) is 0.538. The van der Waals surface area contributed by atoms with Crippen molar-refractivity contribution < 1.29 is 4.79 Å². The molecule has 1 aliphatic rings. The van der Waals surface area contributed by atoms with Gasteiger partial charge in [0.15, 0.2) is 0 Å². The van der Waals surface area contributed by atoms with Crippen molar-refractivity contribution >= 4 is 17.5 Å². The first kappa shape index (κ1) is 12.7. The molecule has 1 saturated heterocycles. The molecule has 0 spiro atoms. The Morgan fingerprint density at radius 2 is 2.39 bits per heavy atom. The average molecular weight is 248 g/mol. The molecule has 2 heterocycles. The van der Waals surface area contributed by atoms with Gasteiger partial charge in [-0.15, -0.1) is 0 Å². The third-order valence-electron chi connectivity index (χ3n) is 2.88. The lowest BCUT2D eigenvalue weighted by Crippen LogP contribution is -2.33. The van der Waals surface area contributed by atoms with E-state index in [1.165, 1.54) is 0 Å². The van der Waals surface area contributed by atoms with Crippen molar-refractivity contribution in [2.75, 3.05) is 36.4 Å². The summed E-state index contributed by atoms with van der Waals surface area (Å²) in [5.41, 5.74) is 0. The van der Waals surface area contributed by atoms with Crippen LogP contribution >= 0.6 is 0 Å². The van der Waals surface area contributed by atoms with Crippen LogP contribution in [-0.4, -0.2) is 37.1 Å². The Bertz CT molecular complexity index is 408. The minimum absolute atomic E-state index is 0.0706. The molecule has 0 radical (unpaired) electrons. The Labute approximate surface area is 108 Å². The van der Waals surface area contributed by atoms with E-state index in [2.05, 4.69) is 22.5 Å². The van der Waals surface area contributed by atoms with Gasteiger partial charge in [-0.3, -0.25) is 4.79 Å². The molecule has 1 aliphatic heterocycles. The molecule has 0 saturated carbocycles. The summed E-state index contributed by atoms with van der Waals surface area (Å²) in [4.78, 5) is 18.1. The molecule has 2 rings (SSSR count). The molecular formula is C13H20N4O. The van der Waals surface area contributed by atoms with Gasteiger partial charge in [-0.1, -0.05) is 13.0 Å². The van der Waals surface area contributed by atoms with Crippen LogP contribution in [0, 0.1) is 0 Å². The maximum absolute atomic E-state index is 11.5. The Morgan fingerprint density at radius 1 is 1.50 bits per heavy atom. The van der Waals surface area contributed by atoms with Gasteiger partial charge in [-0.05, 0) is 25.0 Å². The van der Waals surface area contributed by atoms with E-state index in [0.717, 1.165) is 44.1 Å². The number of hydrogen-bond acceptors (Lipinski definition) is 4. The third-order valence-corrected chi connectivity index (χ3v) is 2.88. The molecule has 98 valence electrons. The van der Waals surface area contributed by atoms with Crippen molar-refractivity contribution in [1.29, 1.82) is 0 Å². The number of nitrogens with one attached hydrogen (secondary N) is 2. The molecule has 0 aliphatic carbocycles. The second-order valence-electron chi connectivity index (χ2n) is 4.43. The first-order valence-corrected chi connectivity index (χ1v) is 6.52. The zero-order chi connectivity index (χ0) is 12.8. The number of carbonyl (C=O) groups is 1. The number of aromatic nitrogens is 1. The zero-order valence-electron chi connectivity index (χ0n) is 10.8. The monoisotopic (exact) mass is 248 g/mol. The van der Waals surface area contributed by atoms with Crippen LogP contribution in [-0.2, 0) is 4.79 Å². The summed E-state index contributed by atoms with van der Waals surface area (Å²) >= 11 is 0. The second-order valence-corrected chi connectivity index (χ2v) is 4.43. The van der Waals surface area contributed by atoms with Gasteiger partial charge in [0, 0.05) is 19.6 Å². The number of carbonyl (C=O) groups excluding carboxylic acids is 1. The number of nitrogens with zero attached hydrogens (tertiary/aromatic N) is 2. The lowest BCUT2D eigenvalue weighted by atomic mass is 10.3. The fourth-order valence-electron chi connectivity index (χ4n) is 1.95. The van der Waals surface area contributed by atoms with Crippen LogP contribution in [0.15, 0.2) is 18.2 Å². The van der Waals surface area contributed by atoms with Gasteiger partial charge in [-0.25, -0.2) is 4.98 Å². The smallest absolute Gasteiger partial charge is 0.239 e. The topological polar surface area (TPSA) is 57.3 Å². The summed E-state index contributed by atoms with van der Waals surface area (Å²) < 4.78 is 0. The van der Waals surface area contributed by atoms with Gasteiger partial charge in [0.05, 0.1) is 6.54 Å². The molecule has 0 atom stereocenters. The molecule has 1 aromatic heterocycles. The molecule has 1 fully saturated rings. The van der Waals surface area contributed by atoms with Crippen LogP contribution in [0.5, 0.6) is 0 Å². The van der Waals surface area contributed by atoms with Crippen molar-refractivity contribution in [2.45, 2.75) is 19.8 Å². The van der Waals surface area contributed by atoms with Crippen LogP contribution < -0.4 is 15.5 Å². The summed E-state index contributed by atoms with van der Waals surface area (Å²) in [6.07, 6.45) is 2.03. The minimum atomic E-state index is 0.0706. The molecule has 0 bridgehead atoms. The van der Waals surface area contributed by atoms with Crippen LogP contribution in [0.3, 0.4) is 0 Å². The summed E-state index contributed by atoms with van der Waals surface area (Å²) in [6.45, 7) is 5.04. The van der Waals surface area contributed by atoms with Crippen molar-refractivity contribution in [3.63, 3.8) is 0 Å². The molecule has 1 amide bonds. The number of anilines is 2. The first-order chi connectivity index (χ1) is 8.79. The molecular weight excluding hydrogens is 228 g/mol. The van der Waals surface area contributed by atoms with Gasteiger partial charge in [0.2, 0.25) is 5.91 Å². The Balaban J connectivity index is 2.08. The number of hydrogen-bond donors (Lipinski definition) is 2. The molecule has 18 heavy (non-hydrogen) atoms. The summed E-state index contributed by atoms with van der Waals surface area (Å²) in [6, 6.07) is 5.88. The lowest BCUT2D eigenvalue weighted by molar-refractivity contribution is -0.119. The second kappa shape index (κ2) is 6.23. The highest BCUT2D eigenvalue weighted by Crippen LogP contribution is 2.15.